The number of hydrogen-bond acceptors (Lipinski definition) is 3. The zero-order valence-electron chi connectivity index (χ0n) is 7.46. The van der Waals surface area contributed by atoms with E-state index < -0.39 is 5.97 Å². The highest BCUT2D eigenvalue weighted by molar-refractivity contribution is 5.88. The molecule has 0 radical (unpaired) electrons. The summed E-state index contributed by atoms with van der Waals surface area (Å²) in [5.41, 5.74) is 0.460. The minimum Gasteiger partial charge on any atom is -0.466 e. The van der Waals surface area contributed by atoms with Crippen molar-refractivity contribution in [2.45, 2.75) is 26.2 Å². The summed E-state index contributed by atoms with van der Waals surface area (Å²) in [6.45, 7) is 2.03. The minimum absolute atomic E-state index is 0.398. The fourth-order valence-electron chi connectivity index (χ4n) is 0.809. The van der Waals surface area contributed by atoms with Crippen molar-refractivity contribution < 1.29 is 9.53 Å². The van der Waals surface area contributed by atoms with Gasteiger partial charge in [0, 0.05) is 11.6 Å². The average molecular weight is 167 g/mol. The fraction of sp³-hybridized carbons (Fsp3) is 0.556. The second kappa shape index (κ2) is 6.41. The Labute approximate surface area is 72.6 Å². The predicted molar refractivity (Wildman–Crippen MR) is 45.2 cm³/mol. The molecule has 0 atom stereocenters. The lowest BCUT2D eigenvalue weighted by atomic mass is 10.1. The van der Waals surface area contributed by atoms with Crippen LogP contribution in [0.25, 0.3) is 0 Å². The van der Waals surface area contributed by atoms with Crippen molar-refractivity contribution in [3.63, 3.8) is 0 Å². The number of allylic oxidation sites excluding steroid dienone is 1. The first-order valence-electron chi connectivity index (χ1n) is 3.93. The van der Waals surface area contributed by atoms with Crippen LogP contribution in [0.2, 0.25) is 0 Å². The van der Waals surface area contributed by atoms with Crippen molar-refractivity contribution in [3.8, 4) is 6.07 Å². The molecule has 0 aliphatic heterocycles. The van der Waals surface area contributed by atoms with Gasteiger partial charge in [0.25, 0.3) is 0 Å². The van der Waals surface area contributed by atoms with Crippen LogP contribution in [0.1, 0.15) is 26.2 Å². The summed E-state index contributed by atoms with van der Waals surface area (Å²) in [5, 5.41) is 8.35. The second-order valence-electron chi connectivity index (χ2n) is 2.39. The first-order chi connectivity index (χ1) is 5.76. The van der Waals surface area contributed by atoms with E-state index >= 15 is 0 Å². The maximum atomic E-state index is 11.0. The number of hydrogen-bond donors (Lipinski definition) is 0. The second-order valence-corrected chi connectivity index (χ2v) is 2.39. The average Bonchev–Trinajstić information content (AvgIpc) is 2.11. The summed E-state index contributed by atoms with van der Waals surface area (Å²) in [5.74, 6) is -0.398. The standard InChI is InChI=1S/C9H13NO2/c1-3-4-5-8(6-7-10)9(11)12-2/h6H,3-5H2,1-2H3. The highest BCUT2D eigenvalue weighted by Gasteiger charge is 2.07. The number of rotatable bonds is 4. The van der Waals surface area contributed by atoms with E-state index in [1.165, 1.54) is 13.2 Å². The number of carbonyl (C=O) groups excluding carboxylic acids is 1. The number of carbonyl (C=O) groups is 1. The van der Waals surface area contributed by atoms with E-state index in [4.69, 9.17) is 5.26 Å². The number of esters is 1. The van der Waals surface area contributed by atoms with Gasteiger partial charge in [-0.1, -0.05) is 13.3 Å². The maximum absolute atomic E-state index is 11.0. The largest absolute Gasteiger partial charge is 0.466 e. The Morgan fingerprint density at radius 2 is 2.33 bits per heavy atom. The van der Waals surface area contributed by atoms with E-state index in [0.29, 0.717) is 12.0 Å². The molecule has 0 aromatic heterocycles. The van der Waals surface area contributed by atoms with E-state index in [1.54, 1.807) is 0 Å². The van der Waals surface area contributed by atoms with Gasteiger partial charge in [-0.05, 0) is 12.8 Å². The van der Waals surface area contributed by atoms with Crippen molar-refractivity contribution in [1.82, 2.24) is 0 Å². The van der Waals surface area contributed by atoms with Crippen LogP contribution in [0, 0.1) is 11.3 Å². The quantitative estimate of drug-likeness (QED) is 0.364. The summed E-state index contributed by atoms with van der Waals surface area (Å²) in [6.07, 6.45) is 3.78. The molecule has 3 nitrogen and oxygen atoms in total. The Balaban J connectivity index is 4.16. The maximum Gasteiger partial charge on any atom is 0.334 e. The van der Waals surface area contributed by atoms with Crippen LogP contribution in [0.5, 0.6) is 0 Å². The molecule has 0 aromatic carbocycles. The van der Waals surface area contributed by atoms with Crippen LogP contribution >= 0.6 is 0 Å². The highest BCUT2D eigenvalue weighted by Crippen LogP contribution is 2.08. The highest BCUT2D eigenvalue weighted by atomic mass is 16.5. The Hall–Kier alpha value is -1.30. The van der Waals surface area contributed by atoms with Crippen molar-refractivity contribution in [2.75, 3.05) is 7.11 Å². The summed E-state index contributed by atoms with van der Waals surface area (Å²) in [7, 11) is 1.32. The number of unbranched alkanes of at least 4 members (excludes halogenated alkanes) is 1. The van der Waals surface area contributed by atoms with Gasteiger partial charge in [-0.25, -0.2) is 4.79 Å². The molecular weight excluding hydrogens is 154 g/mol. The van der Waals surface area contributed by atoms with E-state index in [-0.39, 0.29) is 0 Å². The normalized spacial score (nSPS) is 10.6. The lowest BCUT2D eigenvalue weighted by Crippen LogP contribution is -2.04. The lowest BCUT2D eigenvalue weighted by Gasteiger charge is -2.01. The molecule has 66 valence electrons. The summed E-state index contributed by atoms with van der Waals surface area (Å²) in [6, 6.07) is 1.83. The first-order valence-corrected chi connectivity index (χ1v) is 3.93. The molecule has 0 saturated carbocycles. The number of nitriles is 1. The molecule has 0 rings (SSSR count). The van der Waals surface area contributed by atoms with Crippen LogP contribution in [0.4, 0.5) is 0 Å². The van der Waals surface area contributed by atoms with Gasteiger partial charge in [0.15, 0.2) is 0 Å². The molecule has 0 N–H and O–H groups in total. The predicted octanol–water partition coefficient (Wildman–Crippen LogP) is 1.80. The third-order valence-corrected chi connectivity index (χ3v) is 1.49. The topological polar surface area (TPSA) is 50.1 Å². The summed E-state index contributed by atoms with van der Waals surface area (Å²) in [4.78, 5) is 11.0. The zero-order chi connectivity index (χ0) is 9.40. The van der Waals surface area contributed by atoms with Gasteiger partial charge < -0.3 is 4.74 Å². The number of methoxy groups -OCH3 is 1. The zero-order valence-corrected chi connectivity index (χ0v) is 7.46. The van der Waals surface area contributed by atoms with Gasteiger partial charge in [0.05, 0.1) is 13.2 Å². The SMILES string of the molecule is CCCCC(=CC#N)C(=O)OC. The van der Waals surface area contributed by atoms with Gasteiger partial charge in [-0.3, -0.25) is 0 Å². The van der Waals surface area contributed by atoms with Crippen LogP contribution < -0.4 is 0 Å². The van der Waals surface area contributed by atoms with E-state index in [0.717, 1.165) is 12.8 Å². The summed E-state index contributed by atoms with van der Waals surface area (Å²) >= 11 is 0. The number of ether oxygens (including phenoxy) is 1. The Bertz CT molecular complexity index is 213. The van der Waals surface area contributed by atoms with Crippen LogP contribution in [-0.2, 0) is 9.53 Å². The van der Waals surface area contributed by atoms with Crippen LogP contribution in [0.3, 0.4) is 0 Å². The minimum atomic E-state index is -0.398. The lowest BCUT2D eigenvalue weighted by molar-refractivity contribution is -0.136. The molecule has 0 aliphatic carbocycles. The molecule has 12 heavy (non-hydrogen) atoms. The molecule has 0 amide bonds. The van der Waals surface area contributed by atoms with Crippen molar-refractivity contribution in [2.24, 2.45) is 0 Å². The smallest absolute Gasteiger partial charge is 0.334 e. The monoisotopic (exact) mass is 167 g/mol. The van der Waals surface area contributed by atoms with Gasteiger partial charge in [-0.2, -0.15) is 5.26 Å². The van der Waals surface area contributed by atoms with Crippen LogP contribution in [0.15, 0.2) is 11.6 Å². The molecule has 3 heteroatoms. The first kappa shape index (κ1) is 10.7. The van der Waals surface area contributed by atoms with Crippen LogP contribution in [-0.4, -0.2) is 13.1 Å². The molecule has 0 aromatic rings. The molecule has 0 spiro atoms. The van der Waals surface area contributed by atoms with E-state index in [1.807, 2.05) is 13.0 Å². The van der Waals surface area contributed by atoms with Crippen molar-refractivity contribution >= 4 is 5.97 Å². The molecule has 0 bridgehead atoms. The Morgan fingerprint density at radius 3 is 2.75 bits per heavy atom. The molecule has 0 aliphatic rings. The van der Waals surface area contributed by atoms with Gasteiger partial charge in [-0.15, -0.1) is 0 Å². The fourth-order valence-corrected chi connectivity index (χ4v) is 0.809. The molecule has 0 fully saturated rings. The molecule has 0 unspecified atom stereocenters. The number of nitrogens with zero attached hydrogens (tertiary/aromatic N) is 1. The Morgan fingerprint density at radius 1 is 1.67 bits per heavy atom. The third kappa shape index (κ3) is 3.77. The Kier molecular flexibility index (Phi) is 5.72. The third-order valence-electron chi connectivity index (χ3n) is 1.49. The van der Waals surface area contributed by atoms with Crippen molar-refractivity contribution in [3.05, 3.63) is 11.6 Å². The molecular formula is C9H13NO2. The van der Waals surface area contributed by atoms with E-state index in [2.05, 4.69) is 4.74 Å². The van der Waals surface area contributed by atoms with Gasteiger partial charge >= 0.3 is 5.97 Å². The van der Waals surface area contributed by atoms with Gasteiger partial charge in [0.1, 0.15) is 0 Å². The summed E-state index contributed by atoms with van der Waals surface area (Å²) < 4.78 is 4.50. The molecule has 0 saturated heterocycles. The van der Waals surface area contributed by atoms with Gasteiger partial charge in [0.2, 0.25) is 0 Å². The van der Waals surface area contributed by atoms with Crippen molar-refractivity contribution in [1.29, 1.82) is 5.26 Å². The molecule has 0 heterocycles. The van der Waals surface area contributed by atoms with E-state index in [9.17, 15) is 4.79 Å².